The molecular formula is C30H40BrMgNZr. The van der Waals surface area contributed by atoms with Crippen molar-refractivity contribution >= 4 is 23.1 Å². The summed E-state index contributed by atoms with van der Waals surface area (Å²) < 4.78 is 0. The standard InChI is InChI=1S/C16H21N.2C5H5.C4H9.BrH.Mg.Zr/c1-13-11-17(12-14-7-3-2-4-8-14)16-10-6-5-9-15(13)16;2*1-2-4-5-3-1;1-3-4-2;;;/h2-4,7-9,13,15-16H,1,5-6,10-12H2;2*1-5H;1,3-4H2,2H3;1H;;/q-2;;;-1;;2*+2/p-1/t13-,15+,16+;;;;;;/m0....../s1. The van der Waals surface area contributed by atoms with Crippen LogP contribution in [0.5, 0.6) is 0 Å². The molecule has 1 saturated heterocycles. The Bertz CT molecular complexity index is 509. The fourth-order valence-corrected chi connectivity index (χ4v) is 4.12. The molecular weight excluding hydrogens is 570 g/mol. The first-order chi connectivity index (χ1) is 15.3. The van der Waals surface area contributed by atoms with E-state index in [0.29, 0.717) is 5.92 Å². The van der Waals surface area contributed by atoms with E-state index in [-0.39, 0.29) is 66.2 Å². The van der Waals surface area contributed by atoms with Gasteiger partial charge in [-0.05, 0) is 88.8 Å². The third-order valence-electron chi connectivity index (χ3n) is 5.76. The van der Waals surface area contributed by atoms with Crippen molar-refractivity contribution in [3.8, 4) is 0 Å². The second kappa shape index (κ2) is 24.6. The number of likely N-dealkylation sites (tertiary alicyclic amines) is 1. The van der Waals surface area contributed by atoms with Crippen LogP contribution in [0.4, 0.5) is 0 Å². The molecule has 1 aromatic rings. The number of halogens is 1. The van der Waals surface area contributed by atoms with Crippen LogP contribution >= 0.6 is 0 Å². The van der Waals surface area contributed by atoms with Crippen molar-refractivity contribution in [3.05, 3.63) is 120 Å². The van der Waals surface area contributed by atoms with E-state index in [2.05, 4.69) is 62.4 Å². The number of rotatable bonds is 3. The summed E-state index contributed by atoms with van der Waals surface area (Å²) in [5.41, 5.74) is 1.44. The van der Waals surface area contributed by atoms with E-state index in [0.717, 1.165) is 24.9 Å². The average molecular weight is 610 g/mol. The van der Waals surface area contributed by atoms with Crippen LogP contribution in [0, 0.1) is 96.3 Å². The molecule has 3 saturated carbocycles. The maximum absolute atomic E-state index is 4.34. The van der Waals surface area contributed by atoms with Crippen LogP contribution < -0.4 is 17.0 Å². The molecule has 1 nitrogen and oxygen atoms in total. The van der Waals surface area contributed by atoms with Crippen LogP contribution in [0.25, 0.3) is 0 Å². The summed E-state index contributed by atoms with van der Waals surface area (Å²) in [5.74, 6) is 1.34. The van der Waals surface area contributed by atoms with Crippen molar-refractivity contribution in [2.24, 2.45) is 11.8 Å². The van der Waals surface area contributed by atoms with E-state index in [1.54, 1.807) is 0 Å². The summed E-state index contributed by atoms with van der Waals surface area (Å²) in [4.78, 5) is 2.65. The number of hydrogen-bond donors (Lipinski definition) is 0. The van der Waals surface area contributed by atoms with Gasteiger partial charge >= 0.3 is 49.3 Å². The quantitative estimate of drug-likeness (QED) is 0.374. The van der Waals surface area contributed by atoms with E-state index >= 15 is 0 Å². The predicted molar refractivity (Wildman–Crippen MR) is 140 cm³/mol. The molecule has 3 aliphatic carbocycles. The van der Waals surface area contributed by atoms with Gasteiger partial charge in [0.05, 0.1) is 0 Å². The average Bonchev–Trinajstić information content (AvgIpc) is 3.61. The largest absolute Gasteiger partial charge is 2.00 e. The second-order valence-electron chi connectivity index (χ2n) is 8.26. The molecule has 0 N–H and O–H groups in total. The molecule has 1 aromatic carbocycles. The van der Waals surface area contributed by atoms with Gasteiger partial charge in [-0.1, -0.05) is 50.1 Å². The monoisotopic (exact) mass is 607 g/mol. The van der Waals surface area contributed by atoms with E-state index in [1.165, 1.54) is 37.8 Å². The topological polar surface area (TPSA) is 3.24 Å². The Morgan fingerprint density at radius 1 is 0.912 bits per heavy atom. The SMILES string of the molecule is [Br-].[CH2-]CCC.[CH2-][C@H]1CN(Cc2ccccc2)[C@@H]2CCC[CH-][C@@H]21.[CH]1[CH][CH][CH][CH]1.[CH]1[CH][CH][CH][CH]1.[Mg+2].[Zr+2]. The zero-order chi connectivity index (χ0) is 22.2. The van der Waals surface area contributed by atoms with Crippen LogP contribution in [0.2, 0.25) is 0 Å². The summed E-state index contributed by atoms with van der Waals surface area (Å²) >= 11 is 0. The van der Waals surface area contributed by atoms with Gasteiger partial charge in [-0.3, -0.25) is 0 Å². The minimum atomic E-state index is 0. The first kappa shape index (κ1) is 37.5. The fourth-order valence-electron chi connectivity index (χ4n) is 4.12. The van der Waals surface area contributed by atoms with Crippen molar-refractivity contribution in [1.82, 2.24) is 4.90 Å². The maximum Gasteiger partial charge on any atom is 2.00 e. The van der Waals surface area contributed by atoms with E-state index < -0.39 is 0 Å². The fraction of sp³-hybridized carbons (Fsp3) is 0.367. The molecule has 1 heterocycles. The molecule has 0 amide bonds. The van der Waals surface area contributed by atoms with Gasteiger partial charge in [0.1, 0.15) is 0 Å². The minimum Gasteiger partial charge on any atom is -1.00 e. The molecule has 178 valence electrons. The third-order valence-corrected chi connectivity index (χ3v) is 5.76. The molecule has 3 atom stereocenters. The summed E-state index contributed by atoms with van der Waals surface area (Å²) in [6, 6.07) is 11.6. The van der Waals surface area contributed by atoms with Crippen molar-refractivity contribution in [3.63, 3.8) is 0 Å². The van der Waals surface area contributed by atoms with E-state index in [9.17, 15) is 0 Å². The molecule has 34 heavy (non-hydrogen) atoms. The van der Waals surface area contributed by atoms with E-state index in [1.807, 2.05) is 64.2 Å². The van der Waals surface area contributed by atoms with Gasteiger partial charge in [0.25, 0.3) is 0 Å². The summed E-state index contributed by atoms with van der Waals surface area (Å²) in [6.45, 7) is 12.3. The number of hydrogen-bond acceptors (Lipinski definition) is 1. The molecule has 4 aliphatic rings. The first-order valence-electron chi connectivity index (χ1n) is 11.8. The Kier molecular flexibility index (Phi) is 27.1. The van der Waals surface area contributed by atoms with Crippen LogP contribution in [-0.2, 0) is 32.7 Å². The molecule has 1 aliphatic heterocycles. The van der Waals surface area contributed by atoms with Crippen molar-refractivity contribution in [2.45, 2.75) is 51.6 Å². The minimum absolute atomic E-state index is 0. The summed E-state index contributed by atoms with van der Waals surface area (Å²) in [5, 5.41) is 0. The molecule has 0 spiro atoms. The van der Waals surface area contributed by atoms with Gasteiger partial charge in [-0.15, -0.1) is 0 Å². The number of benzene rings is 1. The Morgan fingerprint density at radius 2 is 1.38 bits per heavy atom. The van der Waals surface area contributed by atoms with Gasteiger partial charge in [-0.25, -0.2) is 0 Å². The Hall–Kier alpha value is 1.31. The second-order valence-corrected chi connectivity index (χ2v) is 8.26. The van der Waals surface area contributed by atoms with Crippen LogP contribution in [0.1, 0.15) is 44.6 Å². The van der Waals surface area contributed by atoms with Crippen LogP contribution in [-0.4, -0.2) is 40.5 Å². The third kappa shape index (κ3) is 15.5. The number of unbranched alkanes of at least 4 members (excludes halogenated alkanes) is 1. The van der Waals surface area contributed by atoms with Gasteiger partial charge < -0.3 is 42.1 Å². The summed E-state index contributed by atoms with van der Waals surface area (Å²) in [6.07, 6.45) is 28.8. The van der Waals surface area contributed by atoms with Crippen molar-refractivity contribution in [1.29, 1.82) is 0 Å². The molecule has 4 heteroatoms. The zero-order valence-corrected chi connectivity index (χ0v) is 26.3. The van der Waals surface area contributed by atoms with Crippen molar-refractivity contribution < 1.29 is 43.2 Å². The maximum atomic E-state index is 4.34. The predicted octanol–water partition coefficient (Wildman–Crippen LogP) is 3.61. The van der Waals surface area contributed by atoms with Crippen LogP contribution in [0.15, 0.2) is 30.3 Å². The van der Waals surface area contributed by atoms with Crippen molar-refractivity contribution in [2.75, 3.05) is 6.54 Å². The molecule has 0 aromatic heterocycles. The number of fused-ring (bicyclic) bond motifs is 1. The molecule has 0 unspecified atom stereocenters. The molecule has 4 fully saturated rings. The normalized spacial score (nSPS) is 24.7. The number of nitrogens with zero attached hydrogens (tertiary/aromatic N) is 1. The Balaban J connectivity index is 0. The van der Waals surface area contributed by atoms with E-state index in [4.69, 9.17) is 0 Å². The first-order valence-corrected chi connectivity index (χ1v) is 11.8. The zero-order valence-electron chi connectivity index (χ0n) is 20.9. The molecule has 5 rings (SSSR count). The summed E-state index contributed by atoms with van der Waals surface area (Å²) in [7, 11) is 0. The van der Waals surface area contributed by atoms with Gasteiger partial charge in [0.15, 0.2) is 0 Å². The Morgan fingerprint density at radius 3 is 1.82 bits per heavy atom. The Labute approximate surface area is 259 Å². The van der Waals surface area contributed by atoms with Gasteiger partial charge in [0.2, 0.25) is 0 Å². The van der Waals surface area contributed by atoms with Gasteiger partial charge in [0, 0.05) is 6.54 Å². The molecule has 0 bridgehead atoms. The smallest absolute Gasteiger partial charge is 1.00 e. The molecule has 10 radical (unpaired) electrons. The van der Waals surface area contributed by atoms with Gasteiger partial charge in [-0.2, -0.15) is 24.7 Å². The van der Waals surface area contributed by atoms with Crippen LogP contribution in [0.3, 0.4) is 0 Å².